The van der Waals surface area contributed by atoms with Gasteiger partial charge in [0, 0.05) is 12.7 Å². The fourth-order valence-corrected chi connectivity index (χ4v) is 2.34. The van der Waals surface area contributed by atoms with E-state index in [0.29, 0.717) is 12.1 Å². The predicted octanol–water partition coefficient (Wildman–Crippen LogP) is 3.68. The summed E-state index contributed by atoms with van der Waals surface area (Å²) in [5.41, 5.74) is 0.115. The predicted molar refractivity (Wildman–Crippen MR) is 73.0 cm³/mol. The van der Waals surface area contributed by atoms with Crippen LogP contribution in [-0.4, -0.2) is 19.8 Å². The van der Waals surface area contributed by atoms with Crippen LogP contribution in [0.3, 0.4) is 0 Å². The molecule has 1 rings (SSSR count). The van der Waals surface area contributed by atoms with Gasteiger partial charge in [-0.2, -0.15) is 0 Å². The number of rotatable bonds is 5. The minimum Gasteiger partial charge on any atom is -0.379 e. The van der Waals surface area contributed by atoms with Crippen molar-refractivity contribution in [2.75, 3.05) is 13.7 Å². The van der Waals surface area contributed by atoms with Gasteiger partial charge in [0.05, 0.1) is 12.1 Å². The third-order valence-electron chi connectivity index (χ3n) is 3.13. The SMILES string of the molecule is CCNC(c1cc(F)ccc1F)C(OC)C(C)(C)C. The van der Waals surface area contributed by atoms with Gasteiger partial charge in [-0.3, -0.25) is 0 Å². The second-order valence-corrected chi connectivity index (χ2v) is 5.72. The fraction of sp³-hybridized carbons (Fsp3) is 0.600. The zero-order valence-electron chi connectivity index (χ0n) is 12.3. The summed E-state index contributed by atoms with van der Waals surface area (Å²) in [6.07, 6.45) is -0.260. The van der Waals surface area contributed by atoms with Gasteiger partial charge in [0.25, 0.3) is 0 Å². The molecule has 0 spiro atoms. The second kappa shape index (κ2) is 6.44. The largest absolute Gasteiger partial charge is 0.379 e. The van der Waals surface area contributed by atoms with Crippen LogP contribution >= 0.6 is 0 Å². The first-order valence-corrected chi connectivity index (χ1v) is 6.52. The number of hydrogen-bond donors (Lipinski definition) is 1. The highest BCUT2D eigenvalue weighted by atomic mass is 19.1. The molecule has 0 fully saturated rings. The molecule has 0 heterocycles. The van der Waals surface area contributed by atoms with Crippen LogP contribution in [0.25, 0.3) is 0 Å². The van der Waals surface area contributed by atoms with E-state index in [-0.39, 0.29) is 17.6 Å². The van der Waals surface area contributed by atoms with Crippen LogP contribution in [0.4, 0.5) is 8.78 Å². The van der Waals surface area contributed by atoms with E-state index in [4.69, 9.17) is 4.74 Å². The minimum atomic E-state index is -0.442. The lowest BCUT2D eigenvalue weighted by molar-refractivity contribution is -0.0124. The second-order valence-electron chi connectivity index (χ2n) is 5.72. The summed E-state index contributed by atoms with van der Waals surface area (Å²) in [5.74, 6) is -0.860. The van der Waals surface area contributed by atoms with E-state index >= 15 is 0 Å². The Labute approximate surface area is 114 Å². The maximum absolute atomic E-state index is 14.0. The Morgan fingerprint density at radius 3 is 2.37 bits per heavy atom. The third kappa shape index (κ3) is 3.98. The van der Waals surface area contributed by atoms with E-state index in [2.05, 4.69) is 5.32 Å². The number of ether oxygens (including phenoxy) is 1. The first-order valence-electron chi connectivity index (χ1n) is 6.52. The van der Waals surface area contributed by atoms with Crippen LogP contribution in [-0.2, 0) is 4.74 Å². The third-order valence-corrected chi connectivity index (χ3v) is 3.13. The van der Waals surface area contributed by atoms with Gasteiger partial charge in [0.2, 0.25) is 0 Å². The van der Waals surface area contributed by atoms with Crippen LogP contribution in [0.5, 0.6) is 0 Å². The zero-order chi connectivity index (χ0) is 14.6. The zero-order valence-corrected chi connectivity index (χ0v) is 12.3. The highest BCUT2D eigenvalue weighted by Gasteiger charge is 2.34. The lowest BCUT2D eigenvalue weighted by Crippen LogP contribution is -2.42. The molecule has 2 atom stereocenters. The lowest BCUT2D eigenvalue weighted by Gasteiger charge is -2.36. The van der Waals surface area contributed by atoms with E-state index in [1.54, 1.807) is 7.11 Å². The Morgan fingerprint density at radius 2 is 1.89 bits per heavy atom. The lowest BCUT2D eigenvalue weighted by atomic mass is 9.81. The van der Waals surface area contributed by atoms with E-state index < -0.39 is 11.6 Å². The first-order chi connectivity index (χ1) is 8.81. The van der Waals surface area contributed by atoms with Crippen molar-refractivity contribution in [1.82, 2.24) is 5.32 Å². The maximum atomic E-state index is 14.0. The molecule has 0 saturated carbocycles. The normalized spacial score (nSPS) is 15.3. The summed E-state index contributed by atoms with van der Waals surface area (Å²) in [7, 11) is 1.59. The van der Waals surface area contributed by atoms with Gasteiger partial charge in [-0.1, -0.05) is 27.7 Å². The molecular formula is C15H23F2NO. The standard InChI is InChI=1S/C15H23F2NO/c1-6-18-13(14(19-5)15(2,3)4)11-9-10(16)7-8-12(11)17/h7-9,13-14,18H,6H2,1-5H3. The van der Waals surface area contributed by atoms with Gasteiger partial charge in [0.1, 0.15) is 11.6 Å². The van der Waals surface area contributed by atoms with Gasteiger partial charge in [-0.05, 0) is 30.2 Å². The highest BCUT2D eigenvalue weighted by molar-refractivity contribution is 5.24. The van der Waals surface area contributed by atoms with Crippen molar-refractivity contribution in [3.63, 3.8) is 0 Å². The molecule has 0 bridgehead atoms. The van der Waals surface area contributed by atoms with Gasteiger partial charge in [0.15, 0.2) is 0 Å². The van der Waals surface area contributed by atoms with Crippen LogP contribution in [0, 0.1) is 17.0 Å². The molecule has 0 aromatic heterocycles. The molecule has 19 heavy (non-hydrogen) atoms. The van der Waals surface area contributed by atoms with E-state index in [1.165, 1.54) is 6.07 Å². The minimum absolute atomic E-state index is 0.194. The number of likely N-dealkylation sites (N-methyl/N-ethyl adjacent to an activating group) is 1. The van der Waals surface area contributed by atoms with Crippen molar-refractivity contribution in [2.24, 2.45) is 5.41 Å². The van der Waals surface area contributed by atoms with Crippen molar-refractivity contribution < 1.29 is 13.5 Å². The maximum Gasteiger partial charge on any atom is 0.128 e. The molecule has 0 aliphatic heterocycles. The number of benzene rings is 1. The Morgan fingerprint density at radius 1 is 1.26 bits per heavy atom. The summed E-state index contributed by atoms with van der Waals surface area (Å²) in [6.45, 7) is 8.63. The molecular weight excluding hydrogens is 248 g/mol. The van der Waals surface area contributed by atoms with Gasteiger partial charge >= 0.3 is 0 Å². The Kier molecular flexibility index (Phi) is 5.44. The number of nitrogens with one attached hydrogen (secondary N) is 1. The Hall–Kier alpha value is -1.00. The Balaban J connectivity index is 3.22. The number of methoxy groups -OCH3 is 1. The summed E-state index contributed by atoms with van der Waals surface area (Å²) >= 11 is 0. The molecule has 2 nitrogen and oxygen atoms in total. The first kappa shape index (κ1) is 16.1. The Bertz CT molecular complexity index is 415. The van der Waals surface area contributed by atoms with Crippen LogP contribution in [0.15, 0.2) is 18.2 Å². The van der Waals surface area contributed by atoms with Crippen LogP contribution < -0.4 is 5.32 Å². The summed E-state index contributed by atoms with van der Waals surface area (Å²) in [4.78, 5) is 0. The highest BCUT2D eigenvalue weighted by Crippen LogP contribution is 2.33. The summed E-state index contributed by atoms with van der Waals surface area (Å²) in [5, 5.41) is 3.19. The molecule has 1 aromatic carbocycles. The molecule has 2 unspecified atom stereocenters. The van der Waals surface area contributed by atoms with Crippen molar-refractivity contribution in [1.29, 1.82) is 0 Å². The van der Waals surface area contributed by atoms with Gasteiger partial charge < -0.3 is 10.1 Å². The summed E-state index contributed by atoms with van der Waals surface area (Å²) in [6, 6.07) is 3.14. The van der Waals surface area contributed by atoms with Gasteiger partial charge in [-0.15, -0.1) is 0 Å². The monoisotopic (exact) mass is 271 g/mol. The molecule has 0 aliphatic carbocycles. The van der Waals surface area contributed by atoms with E-state index in [9.17, 15) is 8.78 Å². The topological polar surface area (TPSA) is 21.3 Å². The molecule has 0 saturated heterocycles. The average molecular weight is 271 g/mol. The smallest absolute Gasteiger partial charge is 0.128 e. The molecule has 1 N–H and O–H groups in total. The van der Waals surface area contributed by atoms with Gasteiger partial charge in [-0.25, -0.2) is 8.78 Å². The molecule has 0 aliphatic rings. The molecule has 108 valence electrons. The molecule has 1 aromatic rings. The van der Waals surface area contributed by atoms with E-state index in [1.807, 2.05) is 27.7 Å². The van der Waals surface area contributed by atoms with Crippen LogP contribution in [0.1, 0.15) is 39.3 Å². The number of hydrogen-bond acceptors (Lipinski definition) is 2. The van der Waals surface area contributed by atoms with E-state index in [0.717, 1.165) is 12.1 Å². The van der Waals surface area contributed by atoms with Crippen molar-refractivity contribution >= 4 is 0 Å². The average Bonchev–Trinajstić information content (AvgIpc) is 2.30. The quantitative estimate of drug-likeness (QED) is 0.882. The fourth-order valence-electron chi connectivity index (χ4n) is 2.34. The number of halogens is 2. The molecule has 0 amide bonds. The van der Waals surface area contributed by atoms with Crippen molar-refractivity contribution in [3.05, 3.63) is 35.4 Å². The summed E-state index contributed by atoms with van der Waals surface area (Å²) < 4.78 is 32.9. The molecule has 4 heteroatoms. The van der Waals surface area contributed by atoms with Crippen molar-refractivity contribution in [3.8, 4) is 0 Å². The molecule has 0 radical (unpaired) electrons. The van der Waals surface area contributed by atoms with Crippen LogP contribution in [0.2, 0.25) is 0 Å². The van der Waals surface area contributed by atoms with Crippen molar-refractivity contribution in [2.45, 2.75) is 39.8 Å².